The predicted molar refractivity (Wildman–Crippen MR) is 91.5 cm³/mol. The number of hydrogen-bond donors (Lipinski definition) is 1. The van der Waals surface area contributed by atoms with Gasteiger partial charge >= 0.3 is 6.03 Å². The van der Waals surface area contributed by atoms with E-state index in [0.29, 0.717) is 12.1 Å². The number of halogens is 2. The van der Waals surface area contributed by atoms with Gasteiger partial charge in [0, 0.05) is 28.0 Å². The number of carbonyl (C=O) groups excluding carboxylic acids is 1. The molecule has 0 aromatic heterocycles. The minimum absolute atomic E-state index is 0.208. The zero-order valence-electron chi connectivity index (χ0n) is 11.6. The van der Waals surface area contributed by atoms with Crippen molar-refractivity contribution in [2.24, 2.45) is 0 Å². The maximum Gasteiger partial charge on any atom is 0.323 e. The molecule has 3 nitrogen and oxygen atoms in total. The monoisotopic (exact) mass is 380 g/mol. The first kappa shape index (κ1) is 15.4. The number of benzene rings is 2. The predicted octanol–water partition coefficient (Wildman–Crippen LogP) is 4.87. The molecule has 0 saturated carbocycles. The largest absolute Gasteiger partial charge is 0.323 e. The second-order valence-electron chi connectivity index (χ2n) is 4.88. The Hall–Kier alpha value is -1.53. The number of nitrogens with one attached hydrogen (secondary N) is 1. The topological polar surface area (TPSA) is 32.3 Å². The number of carbonyl (C=O) groups is 1. The highest BCUT2D eigenvalue weighted by atomic mass is 79.9. The zero-order valence-corrected chi connectivity index (χ0v) is 14.0. The van der Waals surface area contributed by atoms with Gasteiger partial charge in [-0.3, -0.25) is 0 Å². The fraction of sp³-hybridized carbons (Fsp3) is 0.188. The van der Waals surface area contributed by atoms with E-state index in [1.54, 1.807) is 34.9 Å². The van der Waals surface area contributed by atoms with E-state index >= 15 is 0 Å². The minimum Gasteiger partial charge on any atom is -0.308 e. The molecular formula is C16H14BrFN2OS. The summed E-state index contributed by atoms with van der Waals surface area (Å²) in [7, 11) is 0. The average Bonchev–Trinajstić information content (AvgIpc) is 2.99. The molecule has 0 radical (unpaired) electrons. The van der Waals surface area contributed by atoms with Crippen LogP contribution in [0.5, 0.6) is 0 Å². The third kappa shape index (κ3) is 3.28. The van der Waals surface area contributed by atoms with E-state index in [-0.39, 0.29) is 17.2 Å². The molecule has 2 aromatic rings. The number of anilines is 1. The lowest BCUT2D eigenvalue weighted by Crippen LogP contribution is -2.34. The van der Waals surface area contributed by atoms with Gasteiger partial charge in [-0.1, -0.05) is 34.1 Å². The number of hydrogen-bond acceptors (Lipinski definition) is 2. The molecule has 2 aromatic carbocycles. The molecule has 1 heterocycles. The normalized spacial score (nSPS) is 17.5. The maximum atomic E-state index is 14.0. The third-order valence-corrected chi connectivity index (χ3v) is 5.19. The smallest absolute Gasteiger partial charge is 0.308 e. The molecular weight excluding hydrogens is 367 g/mol. The second-order valence-corrected chi connectivity index (χ2v) is 6.98. The van der Waals surface area contributed by atoms with Crippen molar-refractivity contribution in [3.05, 3.63) is 64.4 Å². The molecule has 22 heavy (non-hydrogen) atoms. The fourth-order valence-electron chi connectivity index (χ4n) is 2.34. The summed E-state index contributed by atoms with van der Waals surface area (Å²) in [6, 6.07) is 13.8. The Morgan fingerprint density at radius 1 is 1.23 bits per heavy atom. The van der Waals surface area contributed by atoms with Gasteiger partial charge in [0.1, 0.15) is 11.2 Å². The van der Waals surface area contributed by atoms with E-state index in [2.05, 4.69) is 21.2 Å². The van der Waals surface area contributed by atoms with Crippen LogP contribution in [0.1, 0.15) is 10.9 Å². The van der Waals surface area contributed by atoms with Crippen molar-refractivity contribution >= 4 is 39.4 Å². The van der Waals surface area contributed by atoms with Crippen molar-refractivity contribution in [3.63, 3.8) is 0 Å². The van der Waals surface area contributed by atoms with E-state index in [0.717, 1.165) is 15.9 Å². The number of rotatable bonds is 2. The molecule has 1 fully saturated rings. The van der Waals surface area contributed by atoms with Gasteiger partial charge in [-0.2, -0.15) is 0 Å². The standard InChI is InChI=1S/C16H14BrFN2OS/c17-11-5-7-12(8-6-11)19-16(21)20-9-10-22-15(20)13-3-1-2-4-14(13)18/h1-8,15H,9-10H2,(H,19,21)/t15-/m0/s1. The van der Waals surface area contributed by atoms with Crippen LogP contribution in [0.4, 0.5) is 14.9 Å². The van der Waals surface area contributed by atoms with Gasteiger partial charge in [0.25, 0.3) is 0 Å². The Morgan fingerprint density at radius 2 is 1.95 bits per heavy atom. The number of nitrogens with zero attached hydrogens (tertiary/aromatic N) is 1. The SMILES string of the molecule is O=C(Nc1ccc(Br)cc1)N1CCS[C@H]1c1ccccc1F. The molecule has 6 heteroatoms. The fourth-order valence-corrected chi connectivity index (χ4v) is 3.88. The van der Waals surface area contributed by atoms with Crippen molar-refractivity contribution in [1.29, 1.82) is 0 Å². The maximum absolute atomic E-state index is 14.0. The van der Waals surface area contributed by atoms with Gasteiger partial charge in [0.2, 0.25) is 0 Å². The van der Waals surface area contributed by atoms with Crippen molar-refractivity contribution < 1.29 is 9.18 Å². The van der Waals surface area contributed by atoms with E-state index < -0.39 is 0 Å². The summed E-state index contributed by atoms with van der Waals surface area (Å²) in [5, 5.41) is 2.58. The van der Waals surface area contributed by atoms with Crippen LogP contribution in [0, 0.1) is 5.82 Å². The van der Waals surface area contributed by atoms with Crippen molar-refractivity contribution in [1.82, 2.24) is 4.90 Å². The van der Waals surface area contributed by atoms with Crippen LogP contribution in [0.3, 0.4) is 0 Å². The van der Waals surface area contributed by atoms with Gasteiger partial charge in [-0.25, -0.2) is 9.18 Å². The van der Waals surface area contributed by atoms with Crippen molar-refractivity contribution in [2.45, 2.75) is 5.37 Å². The molecule has 0 unspecified atom stereocenters. The van der Waals surface area contributed by atoms with Gasteiger partial charge in [-0.15, -0.1) is 11.8 Å². The Morgan fingerprint density at radius 3 is 2.68 bits per heavy atom. The lowest BCUT2D eigenvalue weighted by Gasteiger charge is -2.24. The average molecular weight is 381 g/mol. The Kier molecular flexibility index (Phi) is 4.69. The van der Waals surface area contributed by atoms with Crippen LogP contribution in [0.15, 0.2) is 53.0 Å². The van der Waals surface area contributed by atoms with E-state index in [4.69, 9.17) is 0 Å². The molecule has 114 valence electrons. The molecule has 3 rings (SSSR count). The Balaban J connectivity index is 1.76. The zero-order chi connectivity index (χ0) is 15.5. The lowest BCUT2D eigenvalue weighted by molar-refractivity contribution is 0.213. The summed E-state index contributed by atoms with van der Waals surface area (Å²) < 4.78 is 14.9. The van der Waals surface area contributed by atoms with E-state index in [1.807, 2.05) is 24.3 Å². The quantitative estimate of drug-likeness (QED) is 0.805. The molecule has 2 amide bonds. The van der Waals surface area contributed by atoms with Crippen LogP contribution in [-0.4, -0.2) is 23.2 Å². The summed E-state index contributed by atoms with van der Waals surface area (Å²) in [6.07, 6.45) is 0. The van der Waals surface area contributed by atoms with Crippen LogP contribution in [0.25, 0.3) is 0 Å². The van der Waals surface area contributed by atoms with Gasteiger partial charge in [-0.05, 0) is 30.3 Å². The number of amides is 2. The van der Waals surface area contributed by atoms with Gasteiger partial charge < -0.3 is 10.2 Å². The van der Waals surface area contributed by atoms with Gasteiger partial charge in [0.05, 0.1) is 0 Å². The summed E-state index contributed by atoms with van der Waals surface area (Å²) in [5.74, 6) is 0.524. The van der Waals surface area contributed by atoms with E-state index in [9.17, 15) is 9.18 Å². The second kappa shape index (κ2) is 6.71. The molecule has 0 spiro atoms. The van der Waals surface area contributed by atoms with Crippen molar-refractivity contribution in [2.75, 3.05) is 17.6 Å². The molecule has 1 aliphatic heterocycles. The van der Waals surface area contributed by atoms with Crippen LogP contribution < -0.4 is 5.32 Å². The van der Waals surface area contributed by atoms with E-state index in [1.165, 1.54) is 6.07 Å². The van der Waals surface area contributed by atoms with Gasteiger partial charge in [0.15, 0.2) is 0 Å². The minimum atomic E-state index is -0.281. The highest BCUT2D eigenvalue weighted by molar-refractivity contribution is 9.10. The van der Waals surface area contributed by atoms with Crippen LogP contribution in [0.2, 0.25) is 0 Å². The molecule has 0 bridgehead atoms. The lowest BCUT2D eigenvalue weighted by atomic mass is 10.2. The summed E-state index contributed by atoms with van der Waals surface area (Å²) in [5.41, 5.74) is 1.27. The van der Waals surface area contributed by atoms with Crippen LogP contribution in [-0.2, 0) is 0 Å². The van der Waals surface area contributed by atoms with Crippen LogP contribution >= 0.6 is 27.7 Å². The first-order chi connectivity index (χ1) is 10.6. The Labute approximate surface area is 141 Å². The molecule has 0 aliphatic carbocycles. The van der Waals surface area contributed by atoms with Crippen molar-refractivity contribution in [3.8, 4) is 0 Å². The summed E-state index contributed by atoms with van der Waals surface area (Å²) in [6.45, 7) is 0.603. The third-order valence-electron chi connectivity index (χ3n) is 3.42. The highest BCUT2D eigenvalue weighted by Crippen LogP contribution is 2.39. The molecule has 1 N–H and O–H groups in total. The first-order valence-electron chi connectivity index (χ1n) is 6.84. The highest BCUT2D eigenvalue weighted by Gasteiger charge is 2.32. The molecule has 1 atom stereocenters. The molecule has 1 aliphatic rings. The molecule has 1 saturated heterocycles. The Bertz CT molecular complexity index is 680. The first-order valence-corrected chi connectivity index (χ1v) is 8.68. The summed E-state index contributed by atoms with van der Waals surface area (Å²) >= 11 is 4.93. The number of urea groups is 1. The summed E-state index contributed by atoms with van der Waals surface area (Å²) in [4.78, 5) is 14.1. The number of thioether (sulfide) groups is 1.